The molecule has 1 saturated carbocycles. The van der Waals surface area contributed by atoms with E-state index in [1.165, 1.54) is 6.92 Å². The first-order valence-corrected chi connectivity index (χ1v) is 8.03. The van der Waals surface area contributed by atoms with Crippen molar-refractivity contribution in [1.29, 1.82) is 0 Å². The molecule has 2 fully saturated rings. The predicted molar refractivity (Wildman–Crippen MR) is 76.5 cm³/mol. The first kappa shape index (κ1) is 18.0. The van der Waals surface area contributed by atoms with E-state index >= 15 is 0 Å². The smallest absolute Gasteiger partial charge is 0.419 e. The normalized spacial score (nSPS) is 32.0. The third kappa shape index (κ3) is 4.16. The van der Waals surface area contributed by atoms with Gasteiger partial charge in [-0.2, -0.15) is 13.2 Å². The lowest BCUT2D eigenvalue weighted by atomic mass is 9.78. The summed E-state index contributed by atoms with van der Waals surface area (Å²) in [5.41, 5.74) is 0. The Morgan fingerprint density at radius 3 is 2.61 bits per heavy atom. The van der Waals surface area contributed by atoms with Crippen molar-refractivity contribution in [1.82, 2.24) is 10.6 Å². The van der Waals surface area contributed by atoms with Gasteiger partial charge in [0.15, 0.2) is 0 Å². The molecule has 2 N–H and O–H groups in total. The van der Waals surface area contributed by atoms with Crippen molar-refractivity contribution in [2.45, 2.75) is 63.8 Å². The number of nitrogens with one attached hydrogen (secondary N) is 2. The lowest BCUT2D eigenvalue weighted by Gasteiger charge is -2.31. The van der Waals surface area contributed by atoms with Crippen LogP contribution in [0.1, 0.15) is 39.5 Å². The Hall–Kier alpha value is -1.31. The Balaban J connectivity index is 2.00. The van der Waals surface area contributed by atoms with Crippen LogP contribution in [-0.4, -0.2) is 42.8 Å². The molecule has 8 heteroatoms. The van der Waals surface area contributed by atoms with Crippen LogP contribution in [-0.2, 0) is 14.3 Å². The van der Waals surface area contributed by atoms with E-state index in [2.05, 4.69) is 17.0 Å². The highest BCUT2D eigenvalue weighted by atomic mass is 19.4. The molecule has 5 atom stereocenters. The molecular formula is C15H23F3N2O3. The fourth-order valence-corrected chi connectivity index (χ4v) is 3.62. The molecule has 23 heavy (non-hydrogen) atoms. The molecule has 0 aromatic rings. The van der Waals surface area contributed by atoms with Gasteiger partial charge < -0.3 is 15.4 Å². The fraction of sp³-hybridized carbons (Fsp3) is 0.867. The van der Waals surface area contributed by atoms with Crippen LogP contribution in [0, 0.1) is 11.8 Å². The van der Waals surface area contributed by atoms with Gasteiger partial charge in [0.1, 0.15) is 0 Å². The van der Waals surface area contributed by atoms with Gasteiger partial charge in [0.2, 0.25) is 11.9 Å². The van der Waals surface area contributed by atoms with Crippen LogP contribution in [0.25, 0.3) is 0 Å². The highest BCUT2D eigenvalue weighted by Crippen LogP contribution is 2.36. The summed E-state index contributed by atoms with van der Waals surface area (Å²) in [6.45, 7) is 3.32. The van der Waals surface area contributed by atoms with Crippen molar-refractivity contribution in [3.63, 3.8) is 0 Å². The maximum absolute atomic E-state index is 13.0. The fourth-order valence-electron chi connectivity index (χ4n) is 3.62. The van der Waals surface area contributed by atoms with Crippen LogP contribution in [0.2, 0.25) is 0 Å². The highest BCUT2D eigenvalue weighted by Gasteiger charge is 2.49. The van der Waals surface area contributed by atoms with Crippen molar-refractivity contribution in [3.05, 3.63) is 0 Å². The van der Waals surface area contributed by atoms with Gasteiger partial charge in [-0.25, -0.2) is 4.79 Å². The maximum Gasteiger partial charge on any atom is 0.419 e. The summed E-state index contributed by atoms with van der Waals surface area (Å²) in [5.74, 6) is -1.56. The van der Waals surface area contributed by atoms with Crippen molar-refractivity contribution in [2.24, 2.45) is 11.8 Å². The van der Waals surface area contributed by atoms with Crippen molar-refractivity contribution >= 4 is 11.9 Å². The lowest BCUT2D eigenvalue weighted by molar-refractivity contribution is -0.186. The van der Waals surface area contributed by atoms with Crippen molar-refractivity contribution < 1.29 is 27.5 Å². The molecule has 2 rings (SSSR count). The van der Waals surface area contributed by atoms with Gasteiger partial charge in [0, 0.05) is 6.04 Å². The van der Waals surface area contributed by atoms with E-state index in [0.717, 1.165) is 19.3 Å². The Morgan fingerprint density at radius 1 is 1.35 bits per heavy atom. The third-order valence-corrected chi connectivity index (χ3v) is 4.74. The average molecular weight is 336 g/mol. The monoisotopic (exact) mass is 336 g/mol. The van der Waals surface area contributed by atoms with Crippen LogP contribution in [0.4, 0.5) is 13.2 Å². The second-order valence-corrected chi connectivity index (χ2v) is 6.38. The zero-order valence-electron chi connectivity index (χ0n) is 13.3. The molecule has 1 aliphatic carbocycles. The third-order valence-electron chi connectivity index (χ3n) is 4.74. The van der Waals surface area contributed by atoms with Gasteiger partial charge in [-0.3, -0.25) is 4.79 Å². The van der Waals surface area contributed by atoms with Gasteiger partial charge in [0.05, 0.1) is 12.6 Å². The number of carbonyl (C=O) groups excluding carboxylic acids is 2. The van der Waals surface area contributed by atoms with Crippen LogP contribution in [0.5, 0.6) is 0 Å². The Morgan fingerprint density at radius 2 is 2.04 bits per heavy atom. The zero-order chi connectivity index (χ0) is 17.2. The number of alkyl halides is 3. The van der Waals surface area contributed by atoms with E-state index in [-0.39, 0.29) is 12.6 Å². The minimum atomic E-state index is -4.87. The second-order valence-electron chi connectivity index (χ2n) is 6.38. The standard InChI is InChI=1S/C15H23F3N2O3/c1-3-23-14(22)12(15(16,17)18)20-13(21)10-7-9-6-4-5-8(2)11(9)19-10/h8-12,19H,3-7H2,1-2H3,(H,20,21). The van der Waals surface area contributed by atoms with E-state index in [1.807, 2.05) is 5.32 Å². The number of amides is 1. The summed E-state index contributed by atoms with van der Waals surface area (Å²) < 4.78 is 43.3. The summed E-state index contributed by atoms with van der Waals surface area (Å²) in [5, 5.41) is 4.95. The largest absolute Gasteiger partial charge is 0.464 e. The van der Waals surface area contributed by atoms with E-state index in [9.17, 15) is 22.8 Å². The molecular weight excluding hydrogens is 313 g/mol. The van der Waals surface area contributed by atoms with Crippen molar-refractivity contribution in [3.8, 4) is 0 Å². The Kier molecular flexibility index (Phi) is 5.54. The second kappa shape index (κ2) is 7.07. The number of hydrogen-bond acceptors (Lipinski definition) is 4. The number of esters is 1. The van der Waals surface area contributed by atoms with E-state index in [1.54, 1.807) is 0 Å². The minimum absolute atomic E-state index is 0.159. The van der Waals surface area contributed by atoms with Gasteiger partial charge >= 0.3 is 12.1 Å². The molecule has 2 aliphatic rings. The van der Waals surface area contributed by atoms with Crippen molar-refractivity contribution in [2.75, 3.05) is 6.61 Å². The lowest BCUT2D eigenvalue weighted by Crippen LogP contribution is -2.55. The minimum Gasteiger partial charge on any atom is -0.464 e. The molecule has 0 aromatic carbocycles. The molecule has 1 amide bonds. The number of carbonyl (C=O) groups is 2. The van der Waals surface area contributed by atoms with Crippen LogP contribution >= 0.6 is 0 Å². The summed E-state index contributed by atoms with van der Waals surface area (Å²) in [6.07, 6.45) is -1.26. The molecule has 5 nitrogen and oxygen atoms in total. The summed E-state index contributed by atoms with van der Waals surface area (Å²) >= 11 is 0. The van der Waals surface area contributed by atoms with Gasteiger partial charge in [-0.1, -0.05) is 13.3 Å². The predicted octanol–water partition coefficient (Wildman–Crippen LogP) is 1.76. The quantitative estimate of drug-likeness (QED) is 0.768. The molecule has 0 aromatic heterocycles. The number of fused-ring (bicyclic) bond motifs is 1. The number of halogens is 3. The number of hydrogen-bond donors (Lipinski definition) is 2. The van der Waals surface area contributed by atoms with E-state index < -0.39 is 30.1 Å². The van der Waals surface area contributed by atoms with Crippen LogP contribution < -0.4 is 10.6 Å². The van der Waals surface area contributed by atoms with Crippen LogP contribution in [0.3, 0.4) is 0 Å². The van der Waals surface area contributed by atoms with E-state index in [4.69, 9.17) is 0 Å². The highest BCUT2D eigenvalue weighted by molar-refractivity contribution is 5.88. The molecule has 0 bridgehead atoms. The van der Waals surface area contributed by atoms with Gasteiger partial charge in [-0.15, -0.1) is 0 Å². The zero-order valence-corrected chi connectivity index (χ0v) is 13.3. The molecule has 1 heterocycles. The first-order chi connectivity index (χ1) is 10.7. The van der Waals surface area contributed by atoms with Gasteiger partial charge in [-0.05, 0) is 38.0 Å². The SMILES string of the molecule is CCOC(=O)C(NC(=O)C1CC2CCCC(C)C2N1)C(F)(F)F. The van der Waals surface area contributed by atoms with E-state index in [0.29, 0.717) is 18.3 Å². The maximum atomic E-state index is 13.0. The molecule has 1 saturated heterocycles. The number of ether oxygens (including phenoxy) is 1. The molecule has 1 aliphatic heterocycles. The van der Waals surface area contributed by atoms with Gasteiger partial charge in [0.25, 0.3) is 0 Å². The number of rotatable bonds is 4. The van der Waals surface area contributed by atoms with Crippen LogP contribution in [0.15, 0.2) is 0 Å². The molecule has 0 spiro atoms. The first-order valence-electron chi connectivity index (χ1n) is 8.03. The summed E-state index contributed by atoms with van der Waals surface area (Å²) in [7, 11) is 0. The molecule has 0 radical (unpaired) electrons. The summed E-state index contributed by atoms with van der Waals surface area (Å²) in [6, 6.07) is -3.15. The molecule has 132 valence electrons. The summed E-state index contributed by atoms with van der Waals surface area (Å²) in [4.78, 5) is 23.6. The molecule has 5 unspecified atom stereocenters. The average Bonchev–Trinajstić information content (AvgIpc) is 2.89. The Labute approximate surface area is 133 Å². The topological polar surface area (TPSA) is 67.4 Å². The Bertz CT molecular complexity index is 456.